The van der Waals surface area contributed by atoms with E-state index in [1.807, 2.05) is 23.1 Å². The Morgan fingerprint density at radius 1 is 1.04 bits per heavy atom. The van der Waals surface area contributed by atoms with Crippen LogP contribution >= 0.6 is 0 Å². The summed E-state index contributed by atoms with van der Waals surface area (Å²) in [5.74, 6) is -0.0439. The van der Waals surface area contributed by atoms with Gasteiger partial charge in [-0.25, -0.2) is 0 Å². The first-order chi connectivity index (χ1) is 10.9. The van der Waals surface area contributed by atoms with Crippen LogP contribution in [-0.4, -0.2) is 11.4 Å². The first kappa shape index (κ1) is 15.5. The summed E-state index contributed by atoms with van der Waals surface area (Å²) in [5, 5.41) is 0. The molecule has 0 fully saturated rings. The van der Waals surface area contributed by atoms with Crippen LogP contribution in [0, 0.1) is 0 Å². The molecule has 0 saturated heterocycles. The van der Waals surface area contributed by atoms with E-state index in [0.717, 1.165) is 12.1 Å². The third kappa shape index (κ3) is 2.39. The first-order valence-corrected chi connectivity index (χ1v) is 8.02. The molecule has 2 nitrogen and oxygen atoms in total. The van der Waals surface area contributed by atoms with Crippen LogP contribution in [0.5, 0.6) is 0 Å². The molecule has 1 aliphatic heterocycles. The maximum Gasteiger partial charge on any atom is 0.250 e. The summed E-state index contributed by atoms with van der Waals surface area (Å²) in [6, 6.07) is 18.8. The highest BCUT2D eigenvalue weighted by Crippen LogP contribution is 2.50. The van der Waals surface area contributed by atoms with E-state index in [1.165, 1.54) is 17.2 Å². The van der Waals surface area contributed by atoms with Gasteiger partial charge in [0.25, 0.3) is 5.91 Å². The topological polar surface area (TPSA) is 20.3 Å². The zero-order valence-corrected chi connectivity index (χ0v) is 14.0. The fourth-order valence-corrected chi connectivity index (χ4v) is 4.07. The molecule has 0 unspecified atom stereocenters. The molecule has 2 aromatic carbocycles. The van der Waals surface area contributed by atoms with Crippen molar-refractivity contribution < 1.29 is 4.79 Å². The minimum absolute atomic E-state index is 0.0439. The lowest BCUT2D eigenvalue weighted by Crippen LogP contribution is -2.55. The summed E-state index contributed by atoms with van der Waals surface area (Å²) < 4.78 is 0. The van der Waals surface area contributed by atoms with Crippen LogP contribution in [0.25, 0.3) is 0 Å². The average Bonchev–Trinajstić information content (AvgIpc) is 2.54. The summed E-state index contributed by atoms with van der Waals surface area (Å²) in [6.07, 6.45) is 2.27. The molecule has 3 rings (SSSR count). The third-order valence-electron chi connectivity index (χ3n) is 4.94. The number of para-hydroxylation sites is 1. The van der Waals surface area contributed by atoms with Crippen LogP contribution in [0.2, 0.25) is 0 Å². The van der Waals surface area contributed by atoms with Crippen LogP contribution in [0.1, 0.15) is 38.3 Å². The van der Waals surface area contributed by atoms with Crippen molar-refractivity contribution in [2.45, 2.75) is 38.1 Å². The molecule has 0 aromatic heterocycles. The molecule has 2 heteroatoms. The van der Waals surface area contributed by atoms with Gasteiger partial charge in [-0.3, -0.25) is 4.79 Å². The number of nitrogens with zero attached hydrogens (tertiary/aromatic N) is 1. The van der Waals surface area contributed by atoms with Crippen molar-refractivity contribution in [2.24, 2.45) is 0 Å². The number of hydrogen-bond acceptors (Lipinski definition) is 1. The lowest BCUT2D eigenvalue weighted by molar-refractivity contribution is -0.115. The summed E-state index contributed by atoms with van der Waals surface area (Å²) in [7, 11) is 0. The Balaban J connectivity index is 2.26. The maximum absolute atomic E-state index is 12.5. The highest BCUT2D eigenvalue weighted by molar-refractivity contribution is 6.03. The molecular weight excluding hydrogens is 282 g/mol. The van der Waals surface area contributed by atoms with Crippen LogP contribution in [-0.2, 0) is 10.2 Å². The van der Waals surface area contributed by atoms with Crippen LogP contribution in [0.15, 0.2) is 67.3 Å². The number of benzene rings is 2. The second kappa shape index (κ2) is 5.38. The smallest absolute Gasteiger partial charge is 0.250 e. The lowest BCUT2D eigenvalue weighted by atomic mass is 9.65. The van der Waals surface area contributed by atoms with E-state index < -0.39 is 0 Å². The highest BCUT2D eigenvalue weighted by atomic mass is 16.2. The predicted octanol–water partition coefficient (Wildman–Crippen LogP) is 4.69. The molecule has 0 aliphatic carbocycles. The molecule has 0 N–H and O–H groups in total. The largest absolute Gasteiger partial charge is 0.303 e. The van der Waals surface area contributed by atoms with Gasteiger partial charge in [-0.1, -0.05) is 62.0 Å². The zero-order valence-electron chi connectivity index (χ0n) is 14.0. The minimum atomic E-state index is -0.287. The average molecular weight is 305 g/mol. The fraction of sp³-hybridized carbons (Fsp3) is 0.286. The molecule has 1 aliphatic rings. The Morgan fingerprint density at radius 2 is 1.65 bits per heavy atom. The van der Waals surface area contributed by atoms with Crippen LogP contribution in [0.3, 0.4) is 0 Å². The minimum Gasteiger partial charge on any atom is -0.303 e. The van der Waals surface area contributed by atoms with E-state index in [-0.39, 0.29) is 16.9 Å². The Hall–Kier alpha value is -2.35. The van der Waals surface area contributed by atoms with Crippen LogP contribution in [0.4, 0.5) is 5.69 Å². The lowest BCUT2D eigenvalue weighted by Gasteiger charge is -2.51. The molecule has 0 saturated carbocycles. The van der Waals surface area contributed by atoms with Crippen molar-refractivity contribution in [2.75, 3.05) is 4.90 Å². The van der Waals surface area contributed by atoms with E-state index in [4.69, 9.17) is 0 Å². The molecule has 118 valence electrons. The molecule has 1 amide bonds. The second-order valence-electron chi connectivity index (χ2n) is 7.08. The van der Waals surface area contributed by atoms with Gasteiger partial charge in [-0.05, 0) is 43.5 Å². The van der Waals surface area contributed by atoms with Gasteiger partial charge >= 0.3 is 0 Å². The van der Waals surface area contributed by atoms with E-state index in [9.17, 15) is 4.79 Å². The fourth-order valence-electron chi connectivity index (χ4n) is 4.07. The monoisotopic (exact) mass is 305 g/mol. The Bertz CT molecular complexity index is 747. The summed E-state index contributed by atoms with van der Waals surface area (Å²) in [5.41, 5.74) is 3.05. The Labute approximate surface area is 138 Å². The van der Waals surface area contributed by atoms with Gasteiger partial charge in [-0.15, -0.1) is 0 Å². The standard InChI is InChI=1S/C21H23NO/c1-5-19(23)22-18-14-10-9-13-17(18)21(4,15-20(22,2)3)16-11-7-6-8-12-16/h5-14H,1,15H2,2-4H3/t21-/m0/s1. The number of carbonyl (C=O) groups excluding carboxylic acids is 1. The summed E-state index contributed by atoms with van der Waals surface area (Å²) in [4.78, 5) is 14.4. The van der Waals surface area contributed by atoms with Crippen molar-refractivity contribution in [3.8, 4) is 0 Å². The predicted molar refractivity (Wildman–Crippen MR) is 95.7 cm³/mol. The molecule has 1 heterocycles. The van der Waals surface area contributed by atoms with Crippen molar-refractivity contribution in [3.05, 3.63) is 78.4 Å². The van der Waals surface area contributed by atoms with Gasteiger partial charge in [0.15, 0.2) is 0 Å². The molecule has 2 aromatic rings. The van der Waals surface area contributed by atoms with Crippen molar-refractivity contribution in [1.29, 1.82) is 0 Å². The molecule has 0 radical (unpaired) electrons. The molecular formula is C21H23NO. The summed E-state index contributed by atoms with van der Waals surface area (Å²) in [6.45, 7) is 10.2. The Kier molecular flexibility index (Phi) is 3.63. The van der Waals surface area contributed by atoms with Gasteiger partial charge < -0.3 is 4.90 Å². The van der Waals surface area contributed by atoms with Gasteiger partial charge in [0.2, 0.25) is 0 Å². The van der Waals surface area contributed by atoms with Gasteiger partial charge in [0.05, 0.1) is 0 Å². The molecule has 0 spiro atoms. The van der Waals surface area contributed by atoms with Crippen LogP contribution < -0.4 is 4.90 Å². The van der Waals surface area contributed by atoms with E-state index in [1.54, 1.807) is 0 Å². The quantitative estimate of drug-likeness (QED) is 0.737. The number of rotatable bonds is 2. The Morgan fingerprint density at radius 3 is 2.30 bits per heavy atom. The number of hydrogen-bond donors (Lipinski definition) is 0. The number of fused-ring (bicyclic) bond motifs is 1. The van der Waals surface area contributed by atoms with E-state index in [0.29, 0.717) is 0 Å². The number of amides is 1. The zero-order chi connectivity index (χ0) is 16.7. The first-order valence-electron chi connectivity index (χ1n) is 8.02. The summed E-state index contributed by atoms with van der Waals surface area (Å²) >= 11 is 0. The van der Waals surface area contributed by atoms with Crippen molar-refractivity contribution >= 4 is 11.6 Å². The molecule has 1 atom stereocenters. The third-order valence-corrected chi connectivity index (χ3v) is 4.94. The number of anilines is 1. The van der Waals surface area contributed by atoms with Crippen molar-refractivity contribution in [1.82, 2.24) is 0 Å². The van der Waals surface area contributed by atoms with E-state index >= 15 is 0 Å². The van der Waals surface area contributed by atoms with Gasteiger partial charge in [-0.2, -0.15) is 0 Å². The molecule has 23 heavy (non-hydrogen) atoms. The van der Waals surface area contributed by atoms with Gasteiger partial charge in [0.1, 0.15) is 0 Å². The van der Waals surface area contributed by atoms with Gasteiger partial charge in [0, 0.05) is 16.6 Å². The van der Waals surface area contributed by atoms with Crippen molar-refractivity contribution in [3.63, 3.8) is 0 Å². The highest BCUT2D eigenvalue weighted by Gasteiger charge is 2.46. The number of carbonyl (C=O) groups is 1. The van der Waals surface area contributed by atoms with E-state index in [2.05, 4.69) is 63.7 Å². The molecule has 0 bridgehead atoms. The normalized spacial score (nSPS) is 22.3. The second-order valence-corrected chi connectivity index (χ2v) is 7.08. The SMILES string of the molecule is C=CC(=O)N1c2ccccc2[C@](C)(c2ccccc2)CC1(C)C. The maximum atomic E-state index is 12.5.